The fraction of sp³-hybridized carbons (Fsp3) is 0.182. The molecule has 162 valence electrons. The lowest BCUT2D eigenvalue weighted by atomic mass is 9.98. The van der Waals surface area contributed by atoms with E-state index >= 15 is 0 Å². The third kappa shape index (κ3) is 3.02. The number of carbonyl (C=O) groups is 1. The van der Waals surface area contributed by atoms with Crippen LogP contribution in [-0.2, 0) is 0 Å². The second-order valence-electron chi connectivity index (χ2n) is 6.96. The number of ether oxygens (including phenoxy) is 2. The summed E-state index contributed by atoms with van der Waals surface area (Å²) >= 11 is 1.15. The van der Waals surface area contributed by atoms with E-state index < -0.39 is 23.2 Å². The highest BCUT2D eigenvalue weighted by Gasteiger charge is 2.45. The monoisotopic (exact) mass is 453 g/mol. The van der Waals surface area contributed by atoms with Crippen LogP contribution in [0.3, 0.4) is 0 Å². The molecule has 0 saturated heterocycles. The number of amides is 1. The van der Waals surface area contributed by atoms with Crippen LogP contribution in [0.15, 0.2) is 51.1 Å². The van der Waals surface area contributed by atoms with Crippen LogP contribution in [0.4, 0.5) is 9.52 Å². The summed E-state index contributed by atoms with van der Waals surface area (Å²) in [6, 6.07) is 7.90. The zero-order valence-electron chi connectivity index (χ0n) is 17.0. The highest BCUT2D eigenvalue weighted by molar-refractivity contribution is 7.13. The van der Waals surface area contributed by atoms with E-state index in [4.69, 9.17) is 13.9 Å². The number of nitrogens with zero attached hydrogens (tertiary/aromatic N) is 3. The van der Waals surface area contributed by atoms with Crippen LogP contribution in [0.5, 0.6) is 11.5 Å². The number of methoxy groups -OCH3 is 1. The minimum atomic E-state index is -0.862. The number of carbonyl (C=O) groups excluding carboxylic acids is 1. The summed E-state index contributed by atoms with van der Waals surface area (Å²) in [4.78, 5) is 28.2. The Morgan fingerprint density at radius 1 is 1.19 bits per heavy atom. The first-order chi connectivity index (χ1) is 15.5. The van der Waals surface area contributed by atoms with E-state index in [0.717, 1.165) is 17.4 Å². The number of benzene rings is 2. The van der Waals surface area contributed by atoms with Crippen molar-refractivity contribution in [3.8, 4) is 11.5 Å². The van der Waals surface area contributed by atoms with Gasteiger partial charge < -0.3 is 13.9 Å². The minimum absolute atomic E-state index is 0.0542. The predicted octanol–water partition coefficient (Wildman–Crippen LogP) is 3.94. The lowest BCUT2D eigenvalue weighted by Crippen LogP contribution is -2.29. The van der Waals surface area contributed by atoms with E-state index in [1.807, 2.05) is 6.92 Å². The molecule has 0 fully saturated rings. The summed E-state index contributed by atoms with van der Waals surface area (Å²) in [6.07, 6.45) is 0. The van der Waals surface area contributed by atoms with Gasteiger partial charge in [-0.2, -0.15) is 0 Å². The normalized spacial score (nSPS) is 15.3. The van der Waals surface area contributed by atoms with Gasteiger partial charge in [0, 0.05) is 0 Å². The SMILES string of the molecule is CCOc1ccc(C2c3c(oc4ccc(F)cc4c3=O)C(=O)N2c2nncs2)cc1OC. The molecule has 0 saturated carbocycles. The van der Waals surface area contributed by atoms with E-state index in [0.29, 0.717) is 28.8 Å². The van der Waals surface area contributed by atoms with Crippen molar-refractivity contribution in [3.05, 3.63) is 74.8 Å². The van der Waals surface area contributed by atoms with Crippen molar-refractivity contribution in [2.45, 2.75) is 13.0 Å². The first-order valence-corrected chi connectivity index (χ1v) is 10.6. The van der Waals surface area contributed by atoms with Gasteiger partial charge in [-0.15, -0.1) is 10.2 Å². The van der Waals surface area contributed by atoms with Crippen molar-refractivity contribution >= 4 is 33.3 Å². The number of aromatic nitrogens is 2. The molecule has 3 heterocycles. The summed E-state index contributed by atoms with van der Waals surface area (Å²) in [7, 11) is 1.50. The Balaban J connectivity index is 1.78. The van der Waals surface area contributed by atoms with Gasteiger partial charge in [0.25, 0.3) is 5.91 Å². The molecule has 0 radical (unpaired) electrons. The van der Waals surface area contributed by atoms with Crippen molar-refractivity contribution in [1.82, 2.24) is 10.2 Å². The van der Waals surface area contributed by atoms with Crippen LogP contribution in [-0.4, -0.2) is 29.8 Å². The van der Waals surface area contributed by atoms with Crippen molar-refractivity contribution in [1.29, 1.82) is 0 Å². The summed E-state index contributed by atoms with van der Waals surface area (Å²) < 4.78 is 30.7. The minimum Gasteiger partial charge on any atom is -0.493 e. The van der Waals surface area contributed by atoms with Gasteiger partial charge >= 0.3 is 0 Å². The lowest BCUT2D eigenvalue weighted by Gasteiger charge is -2.23. The average Bonchev–Trinajstić information content (AvgIpc) is 3.41. The second-order valence-corrected chi connectivity index (χ2v) is 7.77. The molecule has 5 rings (SSSR count). The first kappa shape index (κ1) is 20.1. The molecule has 2 aromatic heterocycles. The molecule has 1 unspecified atom stereocenters. The summed E-state index contributed by atoms with van der Waals surface area (Å²) in [5.41, 5.74) is 1.82. The Kier molecular flexibility index (Phi) is 4.86. The van der Waals surface area contributed by atoms with E-state index in [2.05, 4.69) is 10.2 Å². The molecule has 0 bridgehead atoms. The molecular weight excluding hydrogens is 437 g/mol. The molecule has 1 atom stereocenters. The number of fused-ring (bicyclic) bond motifs is 2. The number of anilines is 1. The van der Waals surface area contributed by atoms with Gasteiger partial charge in [-0.3, -0.25) is 14.5 Å². The Labute approximate surface area is 184 Å². The van der Waals surface area contributed by atoms with Gasteiger partial charge in [-0.05, 0) is 42.8 Å². The Morgan fingerprint density at radius 2 is 2.03 bits per heavy atom. The zero-order valence-corrected chi connectivity index (χ0v) is 17.8. The Hall–Kier alpha value is -3.79. The molecular formula is C22H16FN3O5S. The molecule has 8 nitrogen and oxygen atoms in total. The largest absolute Gasteiger partial charge is 0.493 e. The predicted molar refractivity (Wildman–Crippen MR) is 115 cm³/mol. The number of hydrogen-bond acceptors (Lipinski definition) is 8. The molecule has 4 aromatic rings. The summed E-state index contributed by atoms with van der Waals surface area (Å²) in [6.45, 7) is 2.30. The van der Waals surface area contributed by atoms with Crippen LogP contribution in [0, 0.1) is 5.82 Å². The Bertz CT molecular complexity index is 1400. The van der Waals surface area contributed by atoms with E-state index in [-0.39, 0.29) is 22.3 Å². The molecule has 1 aliphatic rings. The Morgan fingerprint density at radius 3 is 2.75 bits per heavy atom. The molecule has 0 N–H and O–H groups in total. The van der Waals surface area contributed by atoms with Crippen molar-refractivity contribution in [2.24, 2.45) is 0 Å². The van der Waals surface area contributed by atoms with Crippen LogP contribution in [0.1, 0.15) is 34.6 Å². The van der Waals surface area contributed by atoms with Gasteiger partial charge in [0.1, 0.15) is 16.9 Å². The van der Waals surface area contributed by atoms with Crippen molar-refractivity contribution in [2.75, 3.05) is 18.6 Å². The molecule has 0 aliphatic carbocycles. The molecule has 1 aliphatic heterocycles. The van der Waals surface area contributed by atoms with Gasteiger partial charge in [-0.1, -0.05) is 17.4 Å². The molecule has 32 heavy (non-hydrogen) atoms. The second kappa shape index (κ2) is 7.72. The van der Waals surface area contributed by atoms with Gasteiger partial charge in [0.15, 0.2) is 16.9 Å². The number of rotatable bonds is 5. The van der Waals surface area contributed by atoms with Crippen LogP contribution < -0.4 is 19.8 Å². The number of halogens is 1. The molecule has 2 aromatic carbocycles. The molecule has 10 heteroatoms. The van der Waals surface area contributed by atoms with E-state index in [1.165, 1.54) is 29.7 Å². The third-order valence-electron chi connectivity index (χ3n) is 5.19. The first-order valence-electron chi connectivity index (χ1n) is 9.70. The van der Waals surface area contributed by atoms with Crippen LogP contribution >= 0.6 is 11.3 Å². The van der Waals surface area contributed by atoms with Crippen molar-refractivity contribution in [3.63, 3.8) is 0 Å². The quantitative estimate of drug-likeness (QED) is 0.452. The zero-order chi connectivity index (χ0) is 22.4. The highest BCUT2D eigenvalue weighted by Crippen LogP contribution is 2.43. The maximum Gasteiger partial charge on any atom is 0.297 e. The van der Waals surface area contributed by atoms with Gasteiger partial charge in [0.2, 0.25) is 10.9 Å². The third-order valence-corrected chi connectivity index (χ3v) is 5.88. The van der Waals surface area contributed by atoms with Gasteiger partial charge in [0.05, 0.1) is 30.7 Å². The van der Waals surface area contributed by atoms with Gasteiger partial charge in [-0.25, -0.2) is 4.39 Å². The van der Waals surface area contributed by atoms with Crippen LogP contribution in [0.25, 0.3) is 11.0 Å². The van der Waals surface area contributed by atoms with E-state index in [9.17, 15) is 14.0 Å². The molecule has 1 amide bonds. The fourth-order valence-electron chi connectivity index (χ4n) is 3.86. The maximum absolute atomic E-state index is 13.9. The van der Waals surface area contributed by atoms with E-state index in [1.54, 1.807) is 18.2 Å². The number of hydrogen-bond donors (Lipinski definition) is 0. The standard InChI is InChI=1S/C22H16FN3O5S/c1-3-30-15-6-4-11(8-16(15)29-2)18-17-19(27)13-9-12(23)5-7-14(13)31-20(17)21(28)26(18)22-25-24-10-32-22/h4-10,18H,3H2,1-2H3. The highest BCUT2D eigenvalue weighted by atomic mass is 32.1. The van der Waals surface area contributed by atoms with Crippen LogP contribution in [0.2, 0.25) is 0 Å². The fourth-order valence-corrected chi connectivity index (χ4v) is 4.44. The topological polar surface area (TPSA) is 94.8 Å². The smallest absolute Gasteiger partial charge is 0.297 e. The maximum atomic E-state index is 13.9. The summed E-state index contributed by atoms with van der Waals surface area (Å²) in [5.74, 6) is -0.244. The average molecular weight is 453 g/mol. The lowest BCUT2D eigenvalue weighted by molar-refractivity contribution is 0.0970. The van der Waals surface area contributed by atoms with Crippen molar-refractivity contribution < 1.29 is 23.1 Å². The molecule has 0 spiro atoms. The summed E-state index contributed by atoms with van der Waals surface area (Å²) in [5, 5.41) is 8.20.